The number of esters is 1. The molecular formula is C24H21N3O4. The number of rotatable bonds is 8. The van der Waals surface area contributed by atoms with Crippen LogP contribution in [-0.4, -0.2) is 28.2 Å². The number of benzene rings is 2. The van der Waals surface area contributed by atoms with Crippen molar-refractivity contribution in [2.24, 2.45) is 0 Å². The third-order valence-electron chi connectivity index (χ3n) is 4.67. The largest absolute Gasteiger partial charge is 0.497 e. The first-order valence-electron chi connectivity index (χ1n) is 9.85. The molecule has 0 aliphatic rings. The van der Waals surface area contributed by atoms with Crippen molar-refractivity contribution in [1.82, 2.24) is 15.1 Å². The Kier molecular flexibility index (Phi) is 6.32. The lowest BCUT2D eigenvalue weighted by atomic mass is 10.1. The monoisotopic (exact) mass is 415 g/mol. The Balaban J connectivity index is 1.40. The van der Waals surface area contributed by atoms with Gasteiger partial charge >= 0.3 is 5.97 Å². The predicted octanol–water partition coefficient (Wildman–Crippen LogP) is 4.41. The van der Waals surface area contributed by atoms with Crippen LogP contribution < -0.4 is 4.74 Å². The minimum Gasteiger partial charge on any atom is -0.497 e. The van der Waals surface area contributed by atoms with E-state index in [9.17, 15) is 4.79 Å². The van der Waals surface area contributed by atoms with Gasteiger partial charge in [0.1, 0.15) is 5.75 Å². The molecule has 0 fully saturated rings. The number of carbonyl (C=O) groups is 1. The Hall–Kier alpha value is -4.00. The molecule has 4 aromatic rings. The fourth-order valence-corrected chi connectivity index (χ4v) is 3.07. The van der Waals surface area contributed by atoms with Crippen molar-refractivity contribution in [2.45, 2.75) is 18.9 Å². The van der Waals surface area contributed by atoms with Crippen molar-refractivity contribution < 1.29 is 18.8 Å². The molecule has 0 N–H and O–H groups in total. The van der Waals surface area contributed by atoms with Gasteiger partial charge in [-0.05, 0) is 42.0 Å². The van der Waals surface area contributed by atoms with Gasteiger partial charge in [0.05, 0.1) is 19.2 Å². The van der Waals surface area contributed by atoms with E-state index in [2.05, 4.69) is 15.1 Å². The van der Waals surface area contributed by atoms with Crippen LogP contribution in [0.5, 0.6) is 5.75 Å². The van der Waals surface area contributed by atoms with Gasteiger partial charge in [0.2, 0.25) is 11.7 Å². The first-order valence-corrected chi connectivity index (χ1v) is 9.85. The summed E-state index contributed by atoms with van der Waals surface area (Å²) in [7, 11) is 1.61. The summed E-state index contributed by atoms with van der Waals surface area (Å²) in [5.41, 5.74) is 2.33. The van der Waals surface area contributed by atoms with Crippen molar-refractivity contribution in [3.8, 4) is 17.1 Å². The molecule has 0 bridgehead atoms. The summed E-state index contributed by atoms with van der Waals surface area (Å²) in [6.45, 7) is 0. The Morgan fingerprint density at radius 3 is 2.48 bits per heavy atom. The Bertz CT molecular complexity index is 1070. The molecule has 0 saturated heterocycles. The number of aryl methyl sites for hydroxylation is 1. The van der Waals surface area contributed by atoms with E-state index in [0.717, 1.165) is 16.9 Å². The second kappa shape index (κ2) is 9.67. The molecule has 2 heterocycles. The van der Waals surface area contributed by atoms with Crippen LogP contribution in [0.2, 0.25) is 0 Å². The number of aromatic nitrogens is 3. The van der Waals surface area contributed by atoms with Crippen molar-refractivity contribution in [2.75, 3.05) is 7.11 Å². The van der Waals surface area contributed by atoms with E-state index >= 15 is 0 Å². The zero-order chi connectivity index (χ0) is 21.5. The molecule has 7 nitrogen and oxygen atoms in total. The quantitative estimate of drug-likeness (QED) is 0.394. The number of ether oxygens (including phenoxy) is 2. The minimum absolute atomic E-state index is 0.112. The first-order chi connectivity index (χ1) is 15.2. The summed E-state index contributed by atoms with van der Waals surface area (Å²) >= 11 is 0. The second-order valence-electron chi connectivity index (χ2n) is 6.78. The number of hydrogen-bond acceptors (Lipinski definition) is 7. The highest BCUT2D eigenvalue weighted by molar-refractivity contribution is 5.70. The molecule has 4 rings (SSSR count). The maximum absolute atomic E-state index is 12.6. The van der Waals surface area contributed by atoms with Gasteiger partial charge in [-0.1, -0.05) is 41.6 Å². The first kappa shape index (κ1) is 20.3. The third kappa shape index (κ3) is 5.14. The summed E-state index contributed by atoms with van der Waals surface area (Å²) in [5.74, 6) is 1.21. The lowest BCUT2D eigenvalue weighted by molar-refractivity contribution is -0.147. The number of pyridine rings is 1. The molecule has 7 heteroatoms. The topological polar surface area (TPSA) is 87.3 Å². The number of nitrogens with zero attached hydrogens (tertiary/aromatic N) is 3. The SMILES string of the molecule is COc1ccc(-c2noc(CCC(=O)OC(c3ccccc3)c3ccccn3)n2)cc1. The fourth-order valence-electron chi connectivity index (χ4n) is 3.07. The molecular weight excluding hydrogens is 394 g/mol. The van der Waals surface area contributed by atoms with Crippen LogP contribution in [0.4, 0.5) is 0 Å². The smallest absolute Gasteiger partial charge is 0.307 e. The minimum atomic E-state index is -0.576. The molecule has 0 spiro atoms. The summed E-state index contributed by atoms with van der Waals surface area (Å²) in [5, 5.41) is 3.99. The van der Waals surface area contributed by atoms with Crippen LogP contribution in [0.15, 0.2) is 83.5 Å². The van der Waals surface area contributed by atoms with Gasteiger partial charge in [-0.25, -0.2) is 0 Å². The van der Waals surface area contributed by atoms with Gasteiger partial charge < -0.3 is 14.0 Å². The molecule has 0 saturated carbocycles. The molecule has 2 aromatic carbocycles. The van der Waals surface area contributed by atoms with Gasteiger partial charge in [0, 0.05) is 18.2 Å². The maximum Gasteiger partial charge on any atom is 0.307 e. The van der Waals surface area contributed by atoms with Crippen LogP contribution in [0.3, 0.4) is 0 Å². The lowest BCUT2D eigenvalue weighted by Gasteiger charge is -2.17. The van der Waals surface area contributed by atoms with Crippen molar-refractivity contribution in [1.29, 1.82) is 0 Å². The van der Waals surface area contributed by atoms with Crippen LogP contribution in [0, 0.1) is 0 Å². The zero-order valence-corrected chi connectivity index (χ0v) is 17.0. The molecule has 1 atom stereocenters. The van der Waals surface area contributed by atoms with E-state index in [1.807, 2.05) is 72.8 Å². The molecule has 1 unspecified atom stereocenters. The normalized spacial score (nSPS) is 11.6. The van der Waals surface area contributed by atoms with Crippen molar-refractivity contribution in [3.05, 3.63) is 96.1 Å². The van der Waals surface area contributed by atoms with Gasteiger partial charge in [-0.15, -0.1) is 0 Å². The van der Waals surface area contributed by atoms with E-state index in [4.69, 9.17) is 14.0 Å². The predicted molar refractivity (Wildman–Crippen MR) is 113 cm³/mol. The van der Waals surface area contributed by atoms with E-state index in [-0.39, 0.29) is 18.8 Å². The van der Waals surface area contributed by atoms with Crippen LogP contribution in [-0.2, 0) is 16.0 Å². The average Bonchev–Trinajstić information content (AvgIpc) is 3.31. The van der Waals surface area contributed by atoms with Gasteiger partial charge in [0.25, 0.3) is 0 Å². The highest BCUT2D eigenvalue weighted by Crippen LogP contribution is 2.25. The molecule has 0 aliphatic heterocycles. The van der Waals surface area contributed by atoms with Crippen LogP contribution >= 0.6 is 0 Å². The van der Waals surface area contributed by atoms with Crippen LogP contribution in [0.1, 0.15) is 29.7 Å². The molecule has 0 amide bonds. The average molecular weight is 415 g/mol. The fraction of sp³-hybridized carbons (Fsp3) is 0.167. The number of methoxy groups -OCH3 is 1. The van der Waals surface area contributed by atoms with E-state index in [1.54, 1.807) is 13.3 Å². The van der Waals surface area contributed by atoms with Gasteiger partial charge in [-0.2, -0.15) is 4.98 Å². The molecule has 0 radical (unpaired) electrons. The highest BCUT2D eigenvalue weighted by Gasteiger charge is 2.20. The summed E-state index contributed by atoms with van der Waals surface area (Å²) in [4.78, 5) is 21.3. The molecule has 2 aromatic heterocycles. The standard InChI is InChI=1S/C24H21N3O4/c1-29-19-12-10-18(11-13-19)24-26-21(31-27-24)14-15-22(28)30-23(17-7-3-2-4-8-17)20-9-5-6-16-25-20/h2-13,16,23H,14-15H2,1H3. The molecule has 31 heavy (non-hydrogen) atoms. The second-order valence-corrected chi connectivity index (χ2v) is 6.78. The number of carbonyl (C=O) groups excluding carboxylic acids is 1. The Morgan fingerprint density at radius 1 is 1.00 bits per heavy atom. The van der Waals surface area contributed by atoms with Gasteiger partial charge in [-0.3, -0.25) is 9.78 Å². The van der Waals surface area contributed by atoms with E-state index in [1.165, 1.54) is 0 Å². The third-order valence-corrected chi connectivity index (χ3v) is 4.67. The van der Waals surface area contributed by atoms with E-state index in [0.29, 0.717) is 17.4 Å². The summed E-state index contributed by atoms with van der Waals surface area (Å²) in [6.07, 6.45) is 1.50. The Morgan fingerprint density at radius 2 is 1.77 bits per heavy atom. The molecule has 0 aliphatic carbocycles. The zero-order valence-electron chi connectivity index (χ0n) is 17.0. The number of hydrogen-bond donors (Lipinski definition) is 0. The lowest BCUT2D eigenvalue weighted by Crippen LogP contribution is -2.14. The Labute approximate surface area is 179 Å². The van der Waals surface area contributed by atoms with Crippen molar-refractivity contribution in [3.63, 3.8) is 0 Å². The summed E-state index contributed by atoms with van der Waals surface area (Å²) < 4.78 is 16.2. The summed E-state index contributed by atoms with van der Waals surface area (Å²) in [6, 6.07) is 22.4. The highest BCUT2D eigenvalue weighted by atomic mass is 16.5. The van der Waals surface area contributed by atoms with Crippen LogP contribution in [0.25, 0.3) is 11.4 Å². The molecule has 156 valence electrons. The van der Waals surface area contributed by atoms with Crippen molar-refractivity contribution >= 4 is 5.97 Å². The van der Waals surface area contributed by atoms with Gasteiger partial charge in [0.15, 0.2) is 6.10 Å². The van der Waals surface area contributed by atoms with E-state index < -0.39 is 6.10 Å². The maximum atomic E-state index is 12.6.